The first-order valence-electron chi connectivity index (χ1n) is 14.8. The molecular weight excluding hydrogens is 547 g/mol. The van der Waals surface area contributed by atoms with E-state index in [0.717, 1.165) is 19.3 Å². The molecule has 3 amide bonds. The summed E-state index contributed by atoms with van der Waals surface area (Å²) in [5, 5.41) is 2.93. The zero-order valence-electron chi connectivity index (χ0n) is 25.2. The number of ether oxygens (including phenoxy) is 3. The molecule has 234 valence electrons. The lowest BCUT2D eigenvalue weighted by Crippen LogP contribution is -2.46. The van der Waals surface area contributed by atoms with E-state index in [1.165, 1.54) is 19.5 Å². The lowest BCUT2D eigenvalue weighted by molar-refractivity contribution is -0.141. The molecule has 0 aromatic carbocycles. The number of nitrogens with one attached hydrogen (secondary N) is 1. The third-order valence-corrected chi connectivity index (χ3v) is 7.58. The van der Waals surface area contributed by atoms with Crippen LogP contribution in [0.25, 0.3) is 0 Å². The molecule has 2 aliphatic rings. The third kappa shape index (κ3) is 10.4. The van der Waals surface area contributed by atoms with Crippen molar-refractivity contribution in [2.45, 2.75) is 77.4 Å². The van der Waals surface area contributed by atoms with Gasteiger partial charge in [0.05, 0.1) is 31.7 Å². The normalized spacial score (nSPS) is 18.6. The molecule has 0 bridgehead atoms. The fourth-order valence-corrected chi connectivity index (χ4v) is 5.29. The topological polar surface area (TPSA) is 127 Å². The minimum atomic E-state index is -0.719. The van der Waals surface area contributed by atoms with Crippen LogP contribution >= 0.6 is 0 Å². The molecule has 42 heavy (non-hydrogen) atoms. The van der Waals surface area contributed by atoms with E-state index in [1.807, 2.05) is 20.8 Å². The maximum absolute atomic E-state index is 13.3. The molecule has 0 unspecified atom stereocenters. The Hall–Kier alpha value is -3.44. The Morgan fingerprint density at radius 1 is 1.10 bits per heavy atom. The molecule has 11 nitrogen and oxygen atoms in total. The van der Waals surface area contributed by atoms with Crippen LogP contribution in [0.5, 0.6) is 5.75 Å². The van der Waals surface area contributed by atoms with Gasteiger partial charge in [0, 0.05) is 38.8 Å². The average molecular weight is 593 g/mol. The fraction of sp³-hybridized carbons (Fsp3) is 0.700. The van der Waals surface area contributed by atoms with Gasteiger partial charge in [-0.05, 0) is 70.4 Å². The van der Waals surface area contributed by atoms with Crippen LogP contribution in [0.4, 0.5) is 9.18 Å². The number of piperidine rings is 2. The molecule has 0 radical (unpaired) electrons. The first-order chi connectivity index (χ1) is 20.0. The lowest BCUT2D eigenvalue weighted by Gasteiger charge is -2.35. The van der Waals surface area contributed by atoms with Crippen LogP contribution < -0.4 is 10.1 Å². The van der Waals surface area contributed by atoms with Gasteiger partial charge in [-0.2, -0.15) is 0 Å². The first-order valence-corrected chi connectivity index (χ1v) is 14.8. The number of halogens is 1. The first kappa shape index (κ1) is 33.1. The van der Waals surface area contributed by atoms with E-state index in [1.54, 1.807) is 15.9 Å². The predicted octanol–water partition coefficient (Wildman–Crippen LogP) is 3.82. The van der Waals surface area contributed by atoms with E-state index in [4.69, 9.17) is 14.2 Å². The highest BCUT2D eigenvalue weighted by Crippen LogP contribution is 2.26. The number of methoxy groups -OCH3 is 1. The Balaban J connectivity index is 1.51. The van der Waals surface area contributed by atoms with Crippen LogP contribution in [-0.4, -0.2) is 90.8 Å². The van der Waals surface area contributed by atoms with Crippen molar-refractivity contribution in [2.24, 2.45) is 11.8 Å². The van der Waals surface area contributed by atoms with E-state index in [9.17, 15) is 23.6 Å². The lowest BCUT2D eigenvalue weighted by atomic mass is 9.91. The van der Waals surface area contributed by atoms with Crippen molar-refractivity contribution in [3.8, 4) is 5.75 Å². The van der Waals surface area contributed by atoms with Crippen molar-refractivity contribution in [3.63, 3.8) is 0 Å². The van der Waals surface area contributed by atoms with Crippen LogP contribution in [0.2, 0.25) is 0 Å². The van der Waals surface area contributed by atoms with E-state index < -0.39 is 30.2 Å². The van der Waals surface area contributed by atoms with Gasteiger partial charge in [-0.1, -0.05) is 0 Å². The summed E-state index contributed by atoms with van der Waals surface area (Å²) < 4.78 is 28.1. The predicted molar refractivity (Wildman–Crippen MR) is 152 cm³/mol. The molecule has 3 heterocycles. The van der Waals surface area contributed by atoms with Gasteiger partial charge >= 0.3 is 12.1 Å². The molecule has 0 saturated carbocycles. The van der Waals surface area contributed by atoms with Crippen molar-refractivity contribution in [3.05, 3.63) is 24.0 Å². The van der Waals surface area contributed by atoms with Gasteiger partial charge < -0.3 is 29.3 Å². The smallest absolute Gasteiger partial charge is 0.410 e. The molecule has 2 atom stereocenters. The summed E-state index contributed by atoms with van der Waals surface area (Å²) in [4.78, 5) is 58.4. The summed E-state index contributed by atoms with van der Waals surface area (Å²) in [6.07, 6.45) is 6.67. The number of carbonyl (C=O) groups is 4. The van der Waals surface area contributed by atoms with Crippen LogP contribution in [0, 0.1) is 11.8 Å². The number of alkyl halides is 1. The minimum absolute atomic E-state index is 0.0232. The maximum atomic E-state index is 13.3. The number of rotatable bonds is 11. The summed E-state index contributed by atoms with van der Waals surface area (Å²) in [6.45, 7) is 6.91. The number of likely N-dealkylation sites (tertiary alicyclic amines) is 2. The summed E-state index contributed by atoms with van der Waals surface area (Å²) >= 11 is 0. The monoisotopic (exact) mass is 592 g/mol. The molecule has 0 aliphatic carbocycles. The molecule has 1 aromatic rings. The molecule has 12 heteroatoms. The SMILES string of the molecule is COC(=O)C[C@H](NC(=O)[C@@H]1CCCN(C(=O)CCC2CCN(C(=O)OC(C)(C)C)CC2)C1)c1cncc(OCCF)c1. The van der Waals surface area contributed by atoms with E-state index >= 15 is 0 Å². The molecule has 3 rings (SSSR count). The Morgan fingerprint density at radius 3 is 2.50 bits per heavy atom. The maximum Gasteiger partial charge on any atom is 0.410 e. The second-order valence-electron chi connectivity index (χ2n) is 12.0. The van der Waals surface area contributed by atoms with Gasteiger partial charge in [0.2, 0.25) is 11.8 Å². The van der Waals surface area contributed by atoms with Gasteiger partial charge in [0.25, 0.3) is 0 Å². The molecule has 2 fully saturated rings. The Bertz CT molecular complexity index is 1070. The summed E-state index contributed by atoms with van der Waals surface area (Å²) in [7, 11) is 1.27. The Labute approximate surface area is 247 Å². The summed E-state index contributed by atoms with van der Waals surface area (Å²) in [5.74, 6) is -0.472. The zero-order valence-corrected chi connectivity index (χ0v) is 25.2. The van der Waals surface area contributed by atoms with Crippen LogP contribution in [-0.2, 0) is 23.9 Å². The van der Waals surface area contributed by atoms with Gasteiger partial charge in [0.1, 0.15) is 24.6 Å². The second-order valence-corrected chi connectivity index (χ2v) is 12.0. The van der Waals surface area contributed by atoms with Crippen LogP contribution in [0.1, 0.15) is 77.3 Å². The van der Waals surface area contributed by atoms with Crippen molar-refractivity contribution in [1.29, 1.82) is 0 Å². The Kier molecular flexibility index (Phi) is 12.4. The number of esters is 1. The summed E-state index contributed by atoms with van der Waals surface area (Å²) in [5.41, 5.74) is 0.00596. The van der Waals surface area contributed by atoms with Crippen LogP contribution in [0.15, 0.2) is 18.5 Å². The average Bonchev–Trinajstić information content (AvgIpc) is 2.97. The van der Waals surface area contributed by atoms with E-state index in [2.05, 4.69) is 10.3 Å². The zero-order chi connectivity index (χ0) is 30.7. The highest BCUT2D eigenvalue weighted by molar-refractivity contribution is 5.82. The quantitative estimate of drug-likeness (QED) is 0.385. The van der Waals surface area contributed by atoms with Crippen molar-refractivity contribution < 1.29 is 37.8 Å². The van der Waals surface area contributed by atoms with Crippen LogP contribution in [0.3, 0.4) is 0 Å². The van der Waals surface area contributed by atoms with Crippen molar-refractivity contribution in [1.82, 2.24) is 20.1 Å². The standard InChI is InChI=1S/C30H45FN4O7/c1-30(2,3)42-29(39)34-13-9-21(10-14-34)7-8-26(36)35-12-5-6-22(20-35)28(38)33-25(17-27(37)40-4)23-16-24(19-32-18-23)41-15-11-31/h16,18-19,21-22,25H,5-15,17,20H2,1-4H3,(H,33,38)/t22-,25+/m1/s1. The number of amides is 3. The minimum Gasteiger partial charge on any atom is -0.489 e. The number of nitrogens with zero attached hydrogens (tertiary/aromatic N) is 3. The van der Waals surface area contributed by atoms with Gasteiger partial charge in [-0.25, -0.2) is 9.18 Å². The molecule has 1 N–H and O–H groups in total. The van der Waals surface area contributed by atoms with E-state index in [0.29, 0.717) is 62.7 Å². The number of hydrogen-bond acceptors (Lipinski definition) is 8. The molecular formula is C30H45FN4O7. The largest absolute Gasteiger partial charge is 0.489 e. The third-order valence-electron chi connectivity index (χ3n) is 7.58. The van der Waals surface area contributed by atoms with Gasteiger partial charge in [-0.15, -0.1) is 0 Å². The number of hydrogen-bond donors (Lipinski definition) is 1. The summed E-state index contributed by atoms with van der Waals surface area (Å²) in [6, 6.07) is 0.898. The van der Waals surface area contributed by atoms with Crippen molar-refractivity contribution in [2.75, 3.05) is 46.6 Å². The van der Waals surface area contributed by atoms with Gasteiger partial charge in [0.15, 0.2) is 0 Å². The highest BCUT2D eigenvalue weighted by Gasteiger charge is 2.32. The van der Waals surface area contributed by atoms with Crippen molar-refractivity contribution >= 4 is 23.9 Å². The number of pyridine rings is 1. The second kappa shape index (κ2) is 15.7. The molecule has 1 aromatic heterocycles. The number of carbonyl (C=O) groups excluding carboxylic acids is 4. The molecule has 2 aliphatic heterocycles. The Morgan fingerprint density at radius 2 is 1.83 bits per heavy atom. The molecule has 2 saturated heterocycles. The van der Waals surface area contributed by atoms with E-state index in [-0.39, 0.29) is 30.9 Å². The highest BCUT2D eigenvalue weighted by atomic mass is 19.1. The number of aromatic nitrogens is 1. The molecule has 0 spiro atoms. The fourth-order valence-electron chi connectivity index (χ4n) is 5.29. The van der Waals surface area contributed by atoms with Gasteiger partial charge in [-0.3, -0.25) is 19.4 Å².